The van der Waals surface area contributed by atoms with Gasteiger partial charge in [0, 0.05) is 24.7 Å². The first-order valence-electron chi connectivity index (χ1n) is 12.1. The molecule has 1 aromatic carbocycles. The van der Waals surface area contributed by atoms with Gasteiger partial charge in [0.2, 0.25) is 5.91 Å². The zero-order valence-electron chi connectivity index (χ0n) is 21.2. The second-order valence-corrected chi connectivity index (χ2v) is 8.20. The fourth-order valence-electron chi connectivity index (χ4n) is 3.48. The van der Waals surface area contributed by atoms with E-state index in [-0.39, 0.29) is 19.2 Å². The van der Waals surface area contributed by atoms with E-state index >= 15 is 0 Å². The van der Waals surface area contributed by atoms with E-state index in [1.54, 1.807) is 7.11 Å². The second-order valence-electron chi connectivity index (χ2n) is 8.20. The Morgan fingerprint density at radius 3 is 2.69 bits per heavy atom. The molecule has 0 saturated carbocycles. The van der Waals surface area contributed by atoms with Gasteiger partial charge in [-0.25, -0.2) is 4.99 Å². The van der Waals surface area contributed by atoms with E-state index in [0.29, 0.717) is 25.4 Å². The number of ether oxygens (including phenoxy) is 2. The molecule has 0 bridgehead atoms. The molecule has 2 rings (SSSR count). The van der Waals surface area contributed by atoms with E-state index in [9.17, 15) is 4.79 Å². The first kappa shape index (κ1) is 27.9. The summed E-state index contributed by atoms with van der Waals surface area (Å²) in [4.78, 5) is 15.9. The van der Waals surface area contributed by atoms with Gasteiger partial charge in [0.15, 0.2) is 5.82 Å². The van der Waals surface area contributed by atoms with Crippen LogP contribution in [-0.2, 0) is 22.7 Å². The summed E-state index contributed by atoms with van der Waals surface area (Å²) >= 11 is 0. The molecule has 1 amide bonds. The number of carbonyl (C=O) groups excluding carboxylic acids is 1. The zero-order valence-corrected chi connectivity index (χ0v) is 21.2. The van der Waals surface area contributed by atoms with Crippen molar-refractivity contribution in [1.82, 2.24) is 15.2 Å². The zero-order chi connectivity index (χ0) is 25.6. The Hall–Kier alpha value is -3.30. The molecule has 0 aliphatic carbocycles. The number of unbranched alkanes of at least 4 members (excludes halogenated alkanes) is 2. The topological polar surface area (TPSA) is 129 Å². The fourth-order valence-corrected chi connectivity index (χ4v) is 3.48. The molecule has 35 heavy (non-hydrogen) atoms. The Bertz CT molecular complexity index is 1090. The van der Waals surface area contributed by atoms with Gasteiger partial charge in [-0.05, 0) is 29.3 Å². The van der Waals surface area contributed by atoms with Gasteiger partial charge in [-0.3, -0.25) is 4.79 Å². The van der Waals surface area contributed by atoms with E-state index in [1.807, 2.05) is 37.4 Å². The van der Waals surface area contributed by atoms with Crippen molar-refractivity contribution in [3.8, 4) is 5.75 Å². The van der Waals surface area contributed by atoms with Crippen LogP contribution in [0.5, 0.6) is 5.75 Å². The SMILES string of the molecule is C=c1ccn(Cc2ccc(COCNC(=O)CN)cc2OC)/c1=C(/N=C(/N)CC)NCCCCC. The molecule has 0 aliphatic heterocycles. The van der Waals surface area contributed by atoms with Crippen molar-refractivity contribution >= 4 is 24.1 Å². The number of benzene rings is 1. The average molecular weight is 485 g/mol. The average Bonchev–Trinajstić information content (AvgIpc) is 3.23. The maximum absolute atomic E-state index is 11.2. The molecule has 9 heteroatoms. The number of nitrogens with zero attached hydrogens (tertiary/aromatic N) is 2. The monoisotopic (exact) mass is 484 g/mol. The molecule has 0 fully saturated rings. The van der Waals surface area contributed by atoms with Crippen LogP contribution in [0.2, 0.25) is 0 Å². The number of hydrogen-bond donors (Lipinski definition) is 4. The summed E-state index contributed by atoms with van der Waals surface area (Å²) in [6, 6.07) is 7.92. The van der Waals surface area contributed by atoms with Crippen molar-refractivity contribution in [2.45, 2.75) is 52.7 Å². The van der Waals surface area contributed by atoms with E-state index < -0.39 is 0 Å². The van der Waals surface area contributed by atoms with Crippen LogP contribution in [-0.4, -0.2) is 43.2 Å². The number of rotatable bonds is 15. The molecular formula is C26H40N6O3. The summed E-state index contributed by atoms with van der Waals surface area (Å²) in [5.74, 6) is 1.79. The van der Waals surface area contributed by atoms with Crippen LogP contribution in [0.15, 0.2) is 35.5 Å². The Balaban J connectivity index is 2.29. The first-order chi connectivity index (χ1) is 16.9. The molecule has 1 aromatic heterocycles. The summed E-state index contributed by atoms with van der Waals surface area (Å²) in [5.41, 5.74) is 13.3. The Morgan fingerprint density at radius 1 is 1.20 bits per heavy atom. The minimum absolute atomic E-state index is 0.0635. The highest BCUT2D eigenvalue weighted by atomic mass is 16.5. The number of carbonyl (C=O) groups is 1. The maximum Gasteiger partial charge on any atom is 0.235 e. The van der Waals surface area contributed by atoms with Gasteiger partial charge < -0.3 is 36.1 Å². The third kappa shape index (κ3) is 8.77. The smallest absolute Gasteiger partial charge is 0.235 e. The highest BCUT2D eigenvalue weighted by Crippen LogP contribution is 2.21. The van der Waals surface area contributed by atoms with Gasteiger partial charge in [-0.1, -0.05) is 45.4 Å². The van der Waals surface area contributed by atoms with E-state index in [0.717, 1.165) is 59.1 Å². The van der Waals surface area contributed by atoms with Crippen molar-refractivity contribution in [3.63, 3.8) is 0 Å². The molecule has 0 unspecified atom stereocenters. The van der Waals surface area contributed by atoms with Crippen LogP contribution in [0, 0.1) is 0 Å². The number of methoxy groups -OCH3 is 1. The summed E-state index contributed by atoms with van der Waals surface area (Å²) in [6.45, 7) is 10.2. The second kappa shape index (κ2) is 14.9. The maximum atomic E-state index is 11.2. The molecule has 0 spiro atoms. The molecule has 6 N–H and O–H groups in total. The molecular weight excluding hydrogens is 444 g/mol. The molecule has 1 heterocycles. The highest BCUT2D eigenvalue weighted by Gasteiger charge is 2.10. The molecule has 192 valence electrons. The molecule has 0 saturated heterocycles. The first-order valence-corrected chi connectivity index (χ1v) is 12.1. The number of aromatic nitrogens is 1. The summed E-state index contributed by atoms with van der Waals surface area (Å²) < 4.78 is 13.3. The number of nitrogens with one attached hydrogen (secondary N) is 2. The van der Waals surface area contributed by atoms with Crippen LogP contribution < -0.4 is 37.4 Å². The normalized spacial score (nSPS) is 12.4. The van der Waals surface area contributed by atoms with Crippen LogP contribution >= 0.6 is 0 Å². The van der Waals surface area contributed by atoms with Crippen molar-refractivity contribution in [1.29, 1.82) is 0 Å². The van der Waals surface area contributed by atoms with Crippen LogP contribution in [0.25, 0.3) is 12.4 Å². The van der Waals surface area contributed by atoms with Crippen molar-refractivity contribution < 1.29 is 14.3 Å². The predicted molar refractivity (Wildman–Crippen MR) is 141 cm³/mol. The van der Waals surface area contributed by atoms with Gasteiger partial charge in [0.05, 0.1) is 32.2 Å². The number of nitrogens with two attached hydrogens (primary N) is 2. The molecule has 2 aromatic rings. The fraction of sp³-hybridized carbons (Fsp3) is 0.462. The molecule has 0 aliphatic rings. The Labute approximate surface area is 207 Å². The highest BCUT2D eigenvalue weighted by molar-refractivity contribution is 5.83. The number of aliphatic imine (C=N–C) groups is 1. The third-order valence-electron chi connectivity index (χ3n) is 5.48. The van der Waals surface area contributed by atoms with E-state index in [4.69, 9.17) is 20.9 Å². The van der Waals surface area contributed by atoms with Crippen LogP contribution in [0.3, 0.4) is 0 Å². The lowest BCUT2D eigenvalue weighted by Gasteiger charge is -2.14. The Kier molecular flexibility index (Phi) is 11.9. The standard InChI is InChI=1S/C26H40N6O3/c1-5-7-8-12-29-26(31-23(28)6-2)25-19(3)11-13-32(25)16-21-10-9-20(14-22(21)34-4)17-35-18-30-24(33)15-27/h9-11,13-14,29H,3,5-8,12,15-18,27H2,1-2,4H3,(H2,28,31)(H,30,33)/b26-25+. The number of amides is 1. The minimum atomic E-state index is -0.258. The molecule has 0 atom stereocenters. The van der Waals surface area contributed by atoms with Gasteiger partial charge in [-0.2, -0.15) is 0 Å². The van der Waals surface area contributed by atoms with Gasteiger partial charge >= 0.3 is 0 Å². The predicted octanol–water partition coefficient (Wildman–Crippen LogP) is 1.12. The van der Waals surface area contributed by atoms with Crippen LogP contribution in [0.4, 0.5) is 0 Å². The largest absolute Gasteiger partial charge is 0.496 e. The van der Waals surface area contributed by atoms with E-state index in [2.05, 4.69) is 33.7 Å². The van der Waals surface area contributed by atoms with Crippen molar-refractivity contribution in [2.75, 3.05) is 26.9 Å². The summed E-state index contributed by atoms with van der Waals surface area (Å²) in [7, 11) is 1.65. The quantitative estimate of drug-likeness (QED) is 0.130. The summed E-state index contributed by atoms with van der Waals surface area (Å²) in [5, 5.41) is 7.83. The lowest BCUT2D eigenvalue weighted by Crippen LogP contribution is -2.36. The number of amidine groups is 1. The van der Waals surface area contributed by atoms with E-state index in [1.165, 1.54) is 0 Å². The number of hydrogen-bond acceptors (Lipinski definition) is 6. The third-order valence-corrected chi connectivity index (χ3v) is 5.48. The molecule has 0 radical (unpaired) electrons. The minimum Gasteiger partial charge on any atom is -0.496 e. The van der Waals surface area contributed by atoms with Crippen molar-refractivity contribution in [3.05, 3.63) is 52.2 Å². The van der Waals surface area contributed by atoms with Crippen LogP contribution in [0.1, 0.15) is 50.7 Å². The van der Waals surface area contributed by atoms with Gasteiger partial charge in [-0.15, -0.1) is 0 Å². The molecule has 9 nitrogen and oxygen atoms in total. The summed E-state index contributed by atoms with van der Waals surface area (Å²) in [6.07, 6.45) is 6.03. The van der Waals surface area contributed by atoms with Crippen molar-refractivity contribution in [2.24, 2.45) is 16.5 Å². The Morgan fingerprint density at radius 2 is 2.00 bits per heavy atom. The van der Waals surface area contributed by atoms with Gasteiger partial charge in [0.25, 0.3) is 0 Å². The van der Waals surface area contributed by atoms with Gasteiger partial charge in [0.1, 0.15) is 18.3 Å². The lowest BCUT2D eigenvalue weighted by atomic mass is 10.1. The lowest BCUT2D eigenvalue weighted by molar-refractivity contribution is -0.121.